The topological polar surface area (TPSA) is 34.1 Å². The van der Waals surface area contributed by atoms with Crippen molar-refractivity contribution in [3.05, 3.63) is 29.1 Å². The van der Waals surface area contributed by atoms with Gasteiger partial charge in [0.1, 0.15) is 0 Å². The molecule has 0 saturated carbocycles. The predicted octanol–water partition coefficient (Wildman–Crippen LogP) is 3.81. The average molecular weight is 278 g/mol. The van der Waals surface area contributed by atoms with Crippen molar-refractivity contribution in [1.82, 2.24) is 10.3 Å². The number of rotatable bonds is 3. The summed E-state index contributed by atoms with van der Waals surface area (Å²) in [5.41, 5.74) is 3.74. The van der Waals surface area contributed by atoms with Crippen LogP contribution in [-0.4, -0.2) is 23.7 Å². The molecular weight excluding hydrogens is 248 g/mol. The van der Waals surface area contributed by atoms with Crippen molar-refractivity contribution < 1.29 is 4.74 Å². The Bertz CT molecular complexity index is 404. The van der Waals surface area contributed by atoms with Crippen LogP contribution < -0.4 is 5.32 Å². The molecule has 1 aromatic heterocycles. The molecule has 1 fully saturated rings. The van der Waals surface area contributed by atoms with Gasteiger partial charge in [0, 0.05) is 30.3 Å². The first-order chi connectivity index (χ1) is 9.46. The predicted molar refractivity (Wildman–Crippen MR) is 85.1 cm³/mol. The number of aryl methyl sites for hydroxylation is 1. The number of hydrogen-bond donors (Lipinski definition) is 1. The van der Waals surface area contributed by atoms with Crippen LogP contribution in [0.1, 0.15) is 63.9 Å². The van der Waals surface area contributed by atoms with E-state index in [-0.39, 0.29) is 5.54 Å². The highest BCUT2D eigenvalue weighted by Crippen LogP contribution is 2.27. The lowest BCUT2D eigenvalue weighted by molar-refractivity contribution is 0.193. The van der Waals surface area contributed by atoms with E-state index in [9.17, 15) is 0 Å². The zero-order chi connectivity index (χ0) is 15.2. The Morgan fingerprint density at radius 1 is 1.30 bits per heavy atom. The summed E-state index contributed by atoms with van der Waals surface area (Å²) < 4.78 is 5.49. The van der Waals surface area contributed by atoms with E-state index in [4.69, 9.17) is 9.72 Å². The molecule has 0 aromatic carbocycles. The van der Waals surface area contributed by atoms with E-state index in [1.54, 1.807) is 0 Å². The summed E-state index contributed by atoms with van der Waals surface area (Å²) in [6.45, 7) is 15.1. The highest BCUT2D eigenvalue weighted by atomic mass is 16.5. The molecule has 0 amide bonds. The van der Waals surface area contributed by atoms with Gasteiger partial charge >= 0.3 is 0 Å². The van der Waals surface area contributed by atoms with Crippen LogP contribution in [0, 0.1) is 6.92 Å². The Morgan fingerprint density at radius 3 is 2.55 bits per heavy atom. The fraction of sp³-hybridized carbons (Fsp3) is 0.706. The van der Waals surface area contributed by atoms with E-state index in [2.05, 4.69) is 45.1 Å². The van der Waals surface area contributed by atoms with Crippen LogP contribution in [0.3, 0.4) is 0 Å². The second-order valence-corrected chi connectivity index (χ2v) is 6.15. The van der Waals surface area contributed by atoms with E-state index in [0.29, 0.717) is 5.92 Å². The first-order valence-corrected chi connectivity index (χ1v) is 7.75. The summed E-state index contributed by atoms with van der Waals surface area (Å²) >= 11 is 0. The Labute approximate surface area is 124 Å². The average Bonchev–Trinajstić information content (AvgIpc) is 2.92. The van der Waals surface area contributed by atoms with Crippen molar-refractivity contribution in [1.29, 1.82) is 0 Å². The van der Waals surface area contributed by atoms with Gasteiger partial charge in [0.05, 0.1) is 12.3 Å². The molecule has 1 aliphatic rings. The third kappa shape index (κ3) is 5.22. The normalized spacial score (nSPS) is 18.6. The third-order valence-electron chi connectivity index (χ3n) is 3.30. The van der Waals surface area contributed by atoms with Gasteiger partial charge in [-0.25, -0.2) is 0 Å². The van der Waals surface area contributed by atoms with Gasteiger partial charge in [-0.15, -0.1) is 0 Å². The lowest BCUT2D eigenvalue weighted by Gasteiger charge is -2.22. The fourth-order valence-corrected chi connectivity index (χ4v) is 2.26. The van der Waals surface area contributed by atoms with Crippen LogP contribution in [0.25, 0.3) is 0 Å². The van der Waals surface area contributed by atoms with Crippen molar-refractivity contribution in [2.45, 2.75) is 66.0 Å². The maximum Gasteiger partial charge on any atom is 0.0580 e. The van der Waals surface area contributed by atoms with Crippen LogP contribution in [0.4, 0.5) is 0 Å². The van der Waals surface area contributed by atoms with Gasteiger partial charge in [-0.2, -0.15) is 0 Å². The molecule has 2 heterocycles. The second-order valence-electron chi connectivity index (χ2n) is 6.15. The van der Waals surface area contributed by atoms with E-state index < -0.39 is 0 Å². The minimum absolute atomic E-state index is 0.120. The highest BCUT2D eigenvalue weighted by molar-refractivity contribution is 5.27. The molecule has 1 aromatic rings. The maximum atomic E-state index is 5.49. The summed E-state index contributed by atoms with van der Waals surface area (Å²) in [6, 6.07) is 4.33. The molecule has 1 atom stereocenters. The summed E-state index contributed by atoms with van der Waals surface area (Å²) in [6.07, 6.45) is 1.12. The molecule has 0 bridgehead atoms. The first kappa shape index (κ1) is 17.1. The number of ether oxygens (including phenoxy) is 1. The maximum absolute atomic E-state index is 5.49. The van der Waals surface area contributed by atoms with Crippen LogP contribution in [0.15, 0.2) is 12.1 Å². The van der Waals surface area contributed by atoms with Gasteiger partial charge in [0.15, 0.2) is 0 Å². The lowest BCUT2D eigenvalue weighted by atomic mass is 9.96. The number of nitrogens with zero attached hydrogens (tertiary/aromatic N) is 1. The minimum atomic E-state index is 0.120. The smallest absolute Gasteiger partial charge is 0.0580 e. The molecule has 1 unspecified atom stereocenters. The molecule has 2 rings (SSSR count). The summed E-state index contributed by atoms with van der Waals surface area (Å²) in [5.74, 6) is 0.523. The summed E-state index contributed by atoms with van der Waals surface area (Å²) in [5, 5.41) is 3.53. The number of nitrogens with one attached hydrogen (secondary N) is 1. The largest absolute Gasteiger partial charge is 0.381 e. The van der Waals surface area contributed by atoms with Crippen molar-refractivity contribution in [2.24, 2.45) is 0 Å². The number of pyridine rings is 1. The van der Waals surface area contributed by atoms with Crippen molar-refractivity contribution >= 4 is 0 Å². The second kappa shape index (κ2) is 7.75. The SMILES string of the molecule is CC.Cc1ccc(C2CCOC2)c(CNC(C)(C)C)n1. The molecule has 20 heavy (non-hydrogen) atoms. The molecule has 3 heteroatoms. The zero-order valence-electron chi connectivity index (χ0n) is 13.9. The van der Waals surface area contributed by atoms with Gasteiger partial charge in [-0.05, 0) is 45.7 Å². The molecule has 114 valence electrons. The van der Waals surface area contributed by atoms with Crippen molar-refractivity contribution in [3.63, 3.8) is 0 Å². The van der Waals surface area contributed by atoms with Gasteiger partial charge in [-0.3, -0.25) is 4.98 Å². The van der Waals surface area contributed by atoms with Gasteiger partial charge < -0.3 is 10.1 Å². The highest BCUT2D eigenvalue weighted by Gasteiger charge is 2.22. The third-order valence-corrected chi connectivity index (χ3v) is 3.30. The molecular formula is C17H30N2O. The standard InChI is InChI=1S/C15H24N2O.C2H6/c1-11-5-6-13(12-7-8-18-10-12)14(17-11)9-16-15(2,3)4;1-2/h5-6,12,16H,7-10H2,1-4H3;1-2H3. The van der Waals surface area contributed by atoms with E-state index >= 15 is 0 Å². The fourth-order valence-electron chi connectivity index (χ4n) is 2.26. The number of aromatic nitrogens is 1. The molecule has 0 radical (unpaired) electrons. The molecule has 1 saturated heterocycles. The van der Waals surface area contributed by atoms with E-state index in [0.717, 1.165) is 31.9 Å². The first-order valence-electron chi connectivity index (χ1n) is 7.75. The molecule has 1 N–H and O–H groups in total. The van der Waals surface area contributed by atoms with Crippen LogP contribution in [-0.2, 0) is 11.3 Å². The van der Waals surface area contributed by atoms with E-state index in [1.165, 1.54) is 11.3 Å². The monoisotopic (exact) mass is 278 g/mol. The lowest BCUT2D eigenvalue weighted by Crippen LogP contribution is -2.35. The minimum Gasteiger partial charge on any atom is -0.381 e. The van der Waals surface area contributed by atoms with Crippen LogP contribution in [0.2, 0.25) is 0 Å². The van der Waals surface area contributed by atoms with Gasteiger partial charge in [0.25, 0.3) is 0 Å². The van der Waals surface area contributed by atoms with Gasteiger partial charge in [-0.1, -0.05) is 19.9 Å². The van der Waals surface area contributed by atoms with Crippen LogP contribution in [0.5, 0.6) is 0 Å². The summed E-state index contributed by atoms with van der Waals surface area (Å²) in [4.78, 5) is 4.70. The van der Waals surface area contributed by atoms with Crippen molar-refractivity contribution in [2.75, 3.05) is 13.2 Å². The molecule has 0 spiro atoms. The van der Waals surface area contributed by atoms with Crippen molar-refractivity contribution in [3.8, 4) is 0 Å². The zero-order valence-corrected chi connectivity index (χ0v) is 13.9. The molecule has 0 aliphatic carbocycles. The molecule has 1 aliphatic heterocycles. The Balaban J connectivity index is 0.000000956. The van der Waals surface area contributed by atoms with Crippen LogP contribution >= 0.6 is 0 Å². The Kier molecular flexibility index (Phi) is 6.63. The quantitative estimate of drug-likeness (QED) is 0.913. The molecule has 3 nitrogen and oxygen atoms in total. The van der Waals surface area contributed by atoms with Gasteiger partial charge in [0.2, 0.25) is 0 Å². The van der Waals surface area contributed by atoms with E-state index in [1.807, 2.05) is 13.8 Å². The Hall–Kier alpha value is -0.930. The summed E-state index contributed by atoms with van der Waals surface area (Å²) in [7, 11) is 0. The Morgan fingerprint density at radius 2 is 2.00 bits per heavy atom. The number of hydrogen-bond acceptors (Lipinski definition) is 3.